The first-order chi connectivity index (χ1) is 7.97. The fraction of sp³-hybridized carbons (Fsp3) is 0.500. The Morgan fingerprint density at radius 2 is 1.94 bits per heavy atom. The quantitative estimate of drug-likeness (QED) is 0.805. The van der Waals surface area contributed by atoms with Gasteiger partial charge in [0.05, 0.1) is 6.54 Å². The van der Waals surface area contributed by atoms with Crippen LogP contribution >= 0.6 is 11.6 Å². The molecular formula is C14H18ClNO. The molecule has 1 fully saturated rings. The van der Waals surface area contributed by atoms with Crippen LogP contribution in [0, 0.1) is 5.41 Å². The van der Waals surface area contributed by atoms with Crippen molar-refractivity contribution in [3.05, 3.63) is 34.9 Å². The summed E-state index contributed by atoms with van der Waals surface area (Å²) in [6, 6.07) is 7.83. The summed E-state index contributed by atoms with van der Waals surface area (Å²) < 4.78 is 0. The highest BCUT2D eigenvalue weighted by atomic mass is 35.5. The number of Topliss-reactive ketones (excluding diaryl/α,β-unsaturated/α-hetero) is 1. The minimum Gasteiger partial charge on any atom is -0.298 e. The van der Waals surface area contributed by atoms with Crippen LogP contribution in [0.1, 0.15) is 25.8 Å². The van der Waals surface area contributed by atoms with Gasteiger partial charge in [0.2, 0.25) is 0 Å². The molecule has 0 N–H and O–H groups in total. The SMILES string of the molecule is CC1(C)CCN(Cc2ccc(Cl)cc2)CC1=O. The van der Waals surface area contributed by atoms with Gasteiger partial charge in [0.25, 0.3) is 0 Å². The summed E-state index contributed by atoms with van der Waals surface area (Å²) in [5, 5.41) is 0.754. The molecule has 3 heteroatoms. The zero-order valence-electron chi connectivity index (χ0n) is 10.4. The number of carbonyl (C=O) groups is 1. The average molecular weight is 252 g/mol. The third-order valence-corrected chi connectivity index (χ3v) is 3.75. The molecule has 92 valence electrons. The van der Waals surface area contributed by atoms with Gasteiger partial charge in [0.1, 0.15) is 0 Å². The molecule has 0 amide bonds. The summed E-state index contributed by atoms with van der Waals surface area (Å²) in [6.07, 6.45) is 0.944. The molecule has 1 aromatic carbocycles. The van der Waals surface area contributed by atoms with Gasteiger partial charge in [-0.05, 0) is 30.7 Å². The van der Waals surface area contributed by atoms with Gasteiger partial charge in [-0.2, -0.15) is 0 Å². The topological polar surface area (TPSA) is 20.3 Å². The van der Waals surface area contributed by atoms with Crippen LogP contribution in [-0.4, -0.2) is 23.8 Å². The average Bonchev–Trinajstić information content (AvgIpc) is 2.27. The molecule has 1 aliphatic rings. The van der Waals surface area contributed by atoms with Gasteiger partial charge in [-0.1, -0.05) is 37.6 Å². The van der Waals surface area contributed by atoms with Crippen molar-refractivity contribution in [3.63, 3.8) is 0 Å². The normalized spacial score (nSPS) is 20.5. The maximum absolute atomic E-state index is 11.9. The largest absolute Gasteiger partial charge is 0.298 e. The number of hydrogen-bond donors (Lipinski definition) is 0. The standard InChI is InChI=1S/C14H18ClNO/c1-14(2)7-8-16(10-13(14)17)9-11-3-5-12(15)6-4-11/h3-6H,7-10H2,1-2H3. The highest BCUT2D eigenvalue weighted by Gasteiger charge is 2.33. The summed E-state index contributed by atoms with van der Waals surface area (Å²) in [5.74, 6) is 0.345. The van der Waals surface area contributed by atoms with E-state index in [2.05, 4.69) is 4.90 Å². The van der Waals surface area contributed by atoms with E-state index in [4.69, 9.17) is 11.6 Å². The molecule has 0 aliphatic carbocycles. The number of piperidine rings is 1. The van der Waals surface area contributed by atoms with Gasteiger partial charge < -0.3 is 0 Å². The van der Waals surface area contributed by atoms with Crippen LogP contribution in [-0.2, 0) is 11.3 Å². The van der Waals surface area contributed by atoms with Gasteiger partial charge in [0.15, 0.2) is 5.78 Å². The number of halogens is 1. The second-order valence-corrected chi connectivity index (χ2v) is 5.83. The molecule has 1 aromatic rings. The van der Waals surface area contributed by atoms with Crippen molar-refractivity contribution in [2.45, 2.75) is 26.8 Å². The Labute approximate surface area is 108 Å². The van der Waals surface area contributed by atoms with Crippen LogP contribution in [0.3, 0.4) is 0 Å². The van der Waals surface area contributed by atoms with Crippen molar-refractivity contribution in [3.8, 4) is 0 Å². The first-order valence-corrected chi connectivity index (χ1v) is 6.35. The highest BCUT2D eigenvalue weighted by molar-refractivity contribution is 6.30. The number of likely N-dealkylation sites (tertiary alicyclic amines) is 1. The maximum atomic E-state index is 11.9. The zero-order valence-corrected chi connectivity index (χ0v) is 11.1. The van der Waals surface area contributed by atoms with Crippen molar-refractivity contribution >= 4 is 17.4 Å². The number of benzene rings is 1. The van der Waals surface area contributed by atoms with Crippen molar-refractivity contribution in [2.24, 2.45) is 5.41 Å². The van der Waals surface area contributed by atoms with Crippen LogP contribution < -0.4 is 0 Å². The Bertz CT molecular complexity index is 411. The fourth-order valence-corrected chi connectivity index (χ4v) is 2.18. The third-order valence-electron chi connectivity index (χ3n) is 3.49. The second-order valence-electron chi connectivity index (χ2n) is 5.39. The third kappa shape index (κ3) is 3.08. The van der Waals surface area contributed by atoms with Gasteiger partial charge in [-0.25, -0.2) is 0 Å². The smallest absolute Gasteiger partial charge is 0.152 e. The lowest BCUT2D eigenvalue weighted by atomic mass is 9.81. The molecule has 2 rings (SSSR count). The van der Waals surface area contributed by atoms with Crippen LogP contribution in [0.2, 0.25) is 5.02 Å². The first-order valence-electron chi connectivity index (χ1n) is 5.97. The molecular weight excluding hydrogens is 234 g/mol. The molecule has 0 bridgehead atoms. The minimum atomic E-state index is -0.142. The molecule has 2 nitrogen and oxygen atoms in total. The van der Waals surface area contributed by atoms with E-state index in [1.54, 1.807) is 0 Å². The van der Waals surface area contributed by atoms with Crippen molar-refractivity contribution in [2.75, 3.05) is 13.1 Å². The molecule has 0 radical (unpaired) electrons. The summed E-state index contributed by atoms with van der Waals surface area (Å²) in [7, 11) is 0. The minimum absolute atomic E-state index is 0.142. The lowest BCUT2D eigenvalue weighted by molar-refractivity contribution is -0.132. The lowest BCUT2D eigenvalue weighted by Gasteiger charge is -2.35. The Hall–Kier alpha value is -0.860. The Balaban J connectivity index is 1.97. The number of ketones is 1. The molecule has 0 saturated carbocycles. The van der Waals surface area contributed by atoms with Crippen molar-refractivity contribution in [1.82, 2.24) is 4.90 Å². The monoisotopic (exact) mass is 251 g/mol. The van der Waals surface area contributed by atoms with E-state index in [9.17, 15) is 4.79 Å². The molecule has 1 heterocycles. The van der Waals surface area contributed by atoms with Crippen LogP contribution in [0.15, 0.2) is 24.3 Å². The summed E-state index contributed by atoms with van der Waals surface area (Å²) >= 11 is 5.85. The van der Waals surface area contributed by atoms with Crippen LogP contribution in [0.25, 0.3) is 0 Å². The highest BCUT2D eigenvalue weighted by Crippen LogP contribution is 2.27. The van der Waals surface area contributed by atoms with E-state index in [1.165, 1.54) is 5.56 Å². The predicted molar refractivity (Wildman–Crippen MR) is 70.1 cm³/mol. The molecule has 0 aromatic heterocycles. The summed E-state index contributed by atoms with van der Waals surface area (Å²) in [6.45, 7) is 6.46. The van der Waals surface area contributed by atoms with Crippen LogP contribution in [0.4, 0.5) is 0 Å². The second kappa shape index (κ2) is 4.79. The molecule has 0 atom stereocenters. The maximum Gasteiger partial charge on any atom is 0.152 e. The van der Waals surface area contributed by atoms with Gasteiger partial charge in [-0.15, -0.1) is 0 Å². The van der Waals surface area contributed by atoms with Crippen LogP contribution in [0.5, 0.6) is 0 Å². The van der Waals surface area contributed by atoms with Gasteiger partial charge >= 0.3 is 0 Å². The molecule has 0 unspecified atom stereocenters. The molecule has 1 aliphatic heterocycles. The summed E-state index contributed by atoms with van der Waals surface area (Å²) in [5.41, 5.74) is 1.07. The van der Waals surface area contributed by atoms with E-state index in [1.807, 2.05) is 38.1 Å². The van der Waals surface area contributed by atoms with E-state index >= 15 is 0 Å². The van der Waals surface area contributed by atoms with E-state index in [0.29, 0.717) is 12.3 Å². The van der Waals surface area contributed by atoms with Crippen molar-refractivity contribution < 1.29 is 4.79 Å². The van der Waals surface area contributed by atoms with E-state index in [-0.39, 0.29) is 5.41 Å². The first kappa shape index (κ1) is 12.6. The summed E-state index contributed by atoms with van der Waals surface area (Å²) in [4.78, 5) is 14.1. The fourth-order valence-electron chi connectivity index (χ4n) is 2.06. The van der Waals surface area contributed by atoms with Gasteiger partial charge in [0, 0.05) is 17.0 Å². The Morgan fingerprint density at radius 3 is 2.53 bits per heavy atom. The molecule has 1 saturated heterocycles. The molecule has 0 spiro atoms. The number of carbonyl (C=O) groups excluding carboxylic acids is 1. The Kier molecular flexibility index (Phi) is 3.55. The lowest BCUT2D eigenvalue weighted by Crippen LogP contribution is -2.44. The zero-order chi connectivity index (χ0) is 12.5. The van der Waals surface area contributed by atoms with E-state index < -0.39 is 0 Å². The van der Waals surface area contributed by atoms with Gasteiger partial charge in [-0.3, -0.25) is 9.69 Å². The van der Waals surface area contributed by atoms with Crippen molar-refractivity contribution in [1.29, 1.82) is 0 Å². The number of nitrogens with zero attached hydrogens (tertiary/aromatic N) is 1. The predicted octanol–water partition coefficient (Wildman–Crippen LogP) is 3.14. The number of rotatable bonds is 2. The number of hydrogen-bond acceptors (Lipinski definition) is 2. The Morgan fingerprint density at radius 1 is 1.29 bits per heavy atom. The molecule has 17 heavy (non-hydrogen) atoms. The van der Waals surface area contributed by atoms with E-state index in [0.717, 1.165) is 24.5 Å².